The molecule has 0 spiro atoms. The standard InChI is InChI=1S/C23H24N2O6/c1-3-12-30-17-10-11-18-19(13-17)20(24-31-15-16-8-6-5-7-9-16)14-25(23(27)28)21(18)22(26)29-4-2/h3,5-11,13,21H,1,4,12,14-15H2,2H3,(H,27,28)/b24-20+. The molecule has 1 aliphatic rings. The molecule has 0 saturated carbocycles. The van der Waals surface area contributed by atoms with E-state index in [4.69, 9.17) is 14.3 Å². The number of carbonyl (C=O) groups excluding carboxylic acids is 1. The first-order valence-electron chi connectivity index (χ1n) is 9.82. The number of carbonyl (C=O) groups is 2. The van der Waals surface area contributed by atoms with Crippen molar-refractivity contribution in [3.8, 4) is 5.75 Å². The zero-order chi connectivity index (χ0) is 22.2. The highest BCUT2D eigenvalue weighted by Gasteiger charge is 2.40. The number of hydrogen-bond donors (Lipinski definition) is 1. The summed E-state index contributed by atoms with van der Waals surface area (Å²) in [7, 11) is 0. The summed E-state index contributed by atoms with van der Waals surface area (Å²) in [5.74, 6) is -0.101. The van der Waals surface area contributed by atoms with Gasteiger partial charge in [-0.05, 0) is 30.2 Å². The van der Waals surface area contributed by atoms with Gasteiger partial charge in [0.25, 0.3) is 0 Å². The molecule has 0 aliphatic carbocycles. The Kier molecular flexibility index (Phi) is 7.26. The van der Waals surface area contributed by atoms with Crippen LogP contribution in [0.2, 0.25) is 0 Å². The molecule has 1 N–H and O–H groups in total. The van der Waals surface area contributed by atoms with Gasteiger partial charge in [-0.25, -0.2) is 9.59 Å². The van der Waals surface area contributed by atoms with E-state index in [-0.39, 0.29) is 19.8 Å². The van der Waals surface area contributed by atoms with Crippen molar-refractivity contribution in [1.29, 1.82) is 0 Å². The minimum atomic E-state index is -1.26. The van der Waals surface area contributed by atoms with Gasteiger partial charge >= 0.3 is 12.1 Å². The van der Waals surface area contributed by atoms with E-state index in [1.54, 1.807) is 31.2 Å². The Morgan fingerprint density at radius 1 is 1.26 bits per heavy atom. The summed E-state index contributed by atoms with van der Waals surface area (Å²) in [4.78, 5) is 31.0. The van der Waals surface area contributed by atoms with Gasteiger partial charge in [-0.3, -0.25) is 4.90 Å². The monoisotopic (exact) mass is 424 g/mol. The molecule has 1 aliphatic heterocycles. The molecule has 2 aromatic rings. The number of fused-ring (bicyclic) bond motifs is 1. The lowest BCUT2D eigenvalue weighted by atomic mass is 9.91. The van der Waals surface area contributed by atoms with E-state index in [0.29, 0.717) is 29.2 Å². The van der Waals surface area contributed by atoms with Crippen LogP contribution in [-0.4, -0.2) is 47.5 Å². The Morgan fingerprint density at radius 2 is 2.03 bits per heavy atom. The molecular weight excluding hydrogens is 400 g/mol. The maximum absolute atomic E-state index is 12.6. The number of rotatable bonds is 8. The fourth-order valence-electron chi connectivity index (χ4n) is 3.26. The molecule has 3 rings (SSSR count). The smallest absolute Gasteiger partial charge is 0.408 e. The molecule has 0 fully saturated rings. The molecule has 1 heterocycles. The Bertz CT molecular complexity index is 973. The first kappa shape index (κ1) is 21.9. The van der Waals surface area contributed by atoms with Gasteiger partial charge in [0.15, 0.2) is 6.04 Å². The molecule has 1 atom stereocenters. The predicted molar refractivity (Wildman–Crippen MR) is 114 cm³/mol. The molecular formula is C23H24N2O6. The van der Waals surface area contributed by atoms with Crippen LogP contribution in [0.5, 0.6) is 5.75 Å². The van der Waals surface area contributed by atoms with E-state index in [2.05, 4.69) is 11.7 Å². The van der Waals surface area contributed by atoms with Crippen LogP contribution < -0.4 is 4.74 Å². The lowest BCUT2D eigenvalue weighted by molar-refractivity contribution is -0.149. The SMILES string of the molecule is C=CCOc1ccc2c(c1)/C(=N/OCc1ccccc1)CN(C(=O)O)C2C(=O)OCC. The van der Waals surface area contributed by atoms with Crippen LogP contribution in [0, 0.1) is 0 Å². The van der Waals surface area contributed by atoms with E-state index in [0.717, 1.165) is 10.5 Å². The maximum atomic E-state index is 12.6. The summed E-state index contributed by atoms with van der Waals surface area (Å²) in [6.07, 6.45) is 0.358. The number of ether oxygens (including phenoxy) is 2. The third-order valence-electron chi connectivity index (χ3n) is 4.63. The molecule has 0 aromatic heterocycles. The topological polar surface area (TPSA) is 97.7 Å². The quantitative estimate of drug-likeness (QED) is 0.394. The van der Waals surface area contributed by atoms with Gasteiger partial charge in [0, 0.05) is 5.56 Å². The van der Waals surface area contributed by atoms with E-state index in [9.17, 15) is 14.7 Å². The van der Waals surface area contributed by atoms with Crippen LogP contribution in [0.3, 0.4) is 0 Å². The van der Waals surface area contributed by atoms with Crippen molar-refractivity contribution in [3.63, 3.8) is 0 Å². The largest absolute Gasteiger partial charge is 0.490 e. The minimum Gasteiger partial charge on any atom is -0.490 e. The molecule has 0 radical (unpaired) electrons. The Labute approximate surface area is 180 Å². The number of amides is 1. The molecule has 162 valence electrons. The summed E-state index contributed by atoms with van der Waals surface area (Å²) in [6.45, 7) is 5.83. The van der Waals surface area contributed by atoms with Crippen molar-refractivity contribution in [2.24, 2.45) is 5.16 Å². The average molecular weight is 424 g/mol. The second-order valence-corrected chi connectivity index (χ2v) is 6.71. The summed E-state index contributed by atoms with van der Waals surface area (Å²) in [5.41, 5.74) is 2.33. The van der Waals surface area contributed by atoms with E-state index in [1.165, 1.54) is 0 Å². The van der Waals surface area contributed by atoms with Gasteiger partial charge < -0.3 is 19.4 Å². The van der Waals surface area contributed by atoms with Crippen molar-refractivity contribution in [3.05, 3.63) is 77.9 Å². The van der Waals surface area contributed by atoms with Crippen LogP contribution in [0.25, 0.3) is 0 Å². The van der Waals surface area contributed by atoms with Gasteiger partial charge in [-0.1, -0.05) is 54.2 Å². The van der Waals surface area contributed by atoms with Crippen molar-refractivity contribution in [2.45, 2.75) is 19.6 Å². The molecule has 8 nitrogen and oxygen atoms in total. The highest BCUT2D eigenvalue weighted by Crippen LogP contribution is 2.34. The predicted octanol–water partition coefficient (Wildman–Crippen LogP) is 3.77. The van der Waals surface area contributed by atoms with Crippen molar-refractivity contribution in [2.75, 3.05) is 19.8 Å². The lowest BCUT2D eigenvalue weighted by Gasteiger charge is -2.34. The Morgan fingerprint density at radius 3 is 2.71 bits per heavy atom. The van der Waals surface area contributed by atoms with Crippen LogP contribution >= 0.6 is 0 Å². The zero-order valence-corrected chi connectivity index (χ0v) is 17.2. The van der Waals surface area contributed by atoms with E-state index >= 15 is 0 Å². The van der Waals surface area contributed by atoms with E-state index < -0.39 is 18.1 Å². The molecule has 0 bridgehead atoms. The number of esters is 1. The van der Waals surface area contributed by atoms with Gasteiger partial charge in [-0.15, -0.1) is 0 Å². The third kappa shape index (κ3) is 5.22. The first-order chi connectivity index (χ1) is 15.0. The van der Waals surface area contributed by atoms with Crippen LogP contribution in [0.1, 0.15) is 29.7 Å². The number of hydrogen-bond acceptors (Lipinski definition) is 6. The highest BCUT2D eigenvalue weighted by atomic mass is 16.6. The fraction of sp³-hybridized carbons (Fsp3) is 0.261. The minimum absolute atomic E-state index is 0.133. The number of benzene rings is 2. The van der Waals surface area contributed by atoms with Gasteiger partial charge in [0.05, 0.1) is 13.2 Å². The van der Waals surface area contributed by atoms with Crippen LogP contribution in [-0.2, 0) is 21.0 Å². The fourth-order valence-corrected chi connectivity index (χ4v) is 3.26. The molecule has 1 unspecified atom stereocenters. The van der Waals surface area contributed by atoms with Crippen LogP contribution in [0.4, 0.5) is 4.79 Å². The molecule has 0 saturated heterocycles. The van der Waals surface area contributed by atoms with Crippen molar-refractivity contribution >= 4 is 17.8 Å². The first-order valence-corrected chi connectivity index (χ1v) is 9.82. The Hall–Kier alpha value is -3.81. The Balaban J connectivity index is 1.98. The second kappa shape index (κ2) is 10.3. The molecule has 8 heteroatoms. The summed E-state index contributed by atoms with van der Waals surface area (Å²) in [5, 5.41) is 13.9. The molecule has 31 heavy (non-hydrogen) atoms. The lowest BCUT2D eigenvalue weighted by Crippen LogP contribution is -2.46. The van der Waals surface area contributed by atoms with E-state index in [1.807, 2.05) is 30.3 Å². The summed E-state index contributed by atoms with van der Waals surface area (Å²) in [6, 6.07) is 13.4. The van der Waals surface area contributed by atoms with Gasteiger partial charge in [0.2, 0.25) is 0 Å². The normalized spacial score (nSPS) is 16.4. The molecule has 2 aromatic carbocycles. The summed E-state index contributed by atoms with van der Waals surface area (Å²) < 4.78 is 10.7. The van der Waals surface area contributed by atoms with Gasteiger partial charge in [-0.2, -0.15) is 0 Å². The number of oxime groups is 1. The average Bonchev–Trinajstić information content (AvgIpc) is 2.78. The zero-order valence-electron chi connectivity index (χ0n) is 17.2. The van der Waals surface area contributed by atoms with Crippen LogP contribution in [0.15, 0.2) is 66.3 Å². The number of carboxylic acid groups (broad SMARTS) is 1. The molecule has 1 amide bonds. The van der Waals surface area contributed by atoms with Crippen molar-refractivity contribution in [1.82, 2.24) is 4.90 Å². The maximum Gasteiger partial charge on any atom is 0.408 e. The third-order valence-corrected chi connectivity index (χ3v) is 4.63. The number of nitrogens with zero attached hydrogens (tertiary/aromatic N) is 2. The van der Waals surface area contributed by atoms with Gasteiger partial charge in [0.1, 0.15) is 24.7 Å². The highest BCUT2D eigenvalue weighted by molar-refractivity contribution is 6.07. The second-order valence-electron chi connectivity index (χ2n) is 6.71. The van der Waals surface area contributed by atoms with Crippen molar-refractivity contribution < 1.29 is 29.0 Å². The summed E-state index contributed by atoms with van der Waals surface area (Å²) >= 11 is 0.